The third-order valence-electron chi connectivity index (χ3n) is 5.81. The number of carbonyl (C=O) groups is 2. The van der Waals surface area contributed by atoms with E-state index in [-0.39, 0.29) is 18.3 Å². The Morgan fingerprint density at radius 1 is 0.914 bits per heavy atom. The normalized spacial score (nSPS) is 14.1. The number of aromatic nitrogens is 2. The number of carbonyl (C=O) groups excluding carboxylic acids is 2. The lowest BCUT2D eigenvalue weighted by molar-refractivity contribution is -0.135. The van der Waals surface area contributed by atoms with Crippen molar-refractivity contribution < 1.29 is 18.8 Å². The largest absolute Gasteiger partial charge is 0.484 e. The van der Waals surface area contributed by atoms with Crippen LogP contribution < -0.4 is 4.74 Å². The van der Waals surface area contributed by atoms with E-state index in [1.807, 2.05) is 35.7 Å². The number of rotatable bonds is 8. The number of benzene rings is 2. The van der Waals surface area contributed by atoms with Gasteiger partial charge in [-0.15, -0.1) is 11.3 Å². The van der Waals surface area contributed by atoms with Gasteiger partial charge in [0.2, 0.25) is 11.7 Å². The third-order valence-corrected chi connectivity index (χ3v) is 6.67. The Morgan fingerprint density at radius 3 is 2.37 bits per heavy atom. The highest BCUT2D eigenvalue weighted by Crippen LogP contribution is 2.22. The van der Waals surface area contributed by atoms with Crippen molar-refractivity contribution in [2.24, 2.45) is 0 Å². The number of piperazine rings is 1. The zero-order chi connectivity index (χ0) is 24.0. The Balaban J connectivity index is 1.07. The number of thiophene rings is 1. The van der Waals surface area contributed by atoms with Crippen molar-refractivity contribution >= 4 is 23.0 Å². The Hall–Kier alpha value is -3.82. The number of amides is 1. The molecule has 8 nitrogen and oxygen atoms in total. The minimum Gasteiger partial charge on any atom is -0.484 e. The van der Waals surface area contributed by atoms with Crippen LogP contribution in [0.2, 0.25) is 0 Å². The molecular formula is C26H24N4O4S. The third kappa shape index (κ3) is 5.64. The highest BCUT2D eigenvalue weighted by molar-refractivity contribution is 7.13. The molecule has 0 radical (unpaired) electrons. The van der Waals surface area contributed by atoms with E-state index < -0.39 is 0 Å². The number of hydrogen-bond donors (Lipinski definition) is 0. The van der Waals surface area contributed by atoms with Crippen LogP contribution in [0.15, 0.2) is 76.6 Å². The van der Waals surface area contributed by atoms with Crippen LogP contribution in [0, 0.1) is 0 Å². The summed E-state index contributed by atoms with van der Waals surface area (Å²) >= 11 is 1.57. The van der Waals surface area contributed by atoms with Gasteiger partial charge in [-0.3, -0.25) is 14.5 Å². The molecule has 2 aromatic heterocycles. The first-order valence-electron chi connectivity index (χ1n) is 11.3. The first kappa shape index (κ1) is 22.9. The maximum Gasteiger partial charge on any atom is 0.260 e. The van der Waals surface area contributed by atoms with E-state index in [1.54, 1.807) is 52.6 Å². The van der Waals surface area contributed by atoms with E-state index in [4.69, 9.17) is 9.26 Å². The average Bonchev–Trinajstić information content (AvgIpc) is 3.61. The molecule has 35 heavy (non-hydrogen) atoms. The molecule has 0 atom stereocenters. The summed E-state index contributed by atoms with van der Waals surface area (Å²) in [6, 6.07) is 19.9. The number of nitrogens with zero attached hydrogens (tertiary/aromatic N) is 4. The fourth-order valence-electron chi connectivity index (χ4n) is 3.87. The van der Waals surface area contributed by atoms with Gasteiger partial charge in [-0.1, -0.05) is 41.6 Å². The van der Waals surface area contributed by atoms with Crippen molar-refractivity contribution in [3.05, 3.63) is 89.1 Å². The molecule has 4 aromatic rings. The van der Waals surface area contributed by atoms with E-state index >= 15 is 0 Å². The molecule has 5 rings (SSSR count). The van der Waals surface area contributed by atoms with Crippen molar-refractivity contribution in [2.75, 3.05) is 32.8 Å². The molecule has 0 spiro atoms. The Morgan fingerprint density at radius 2 is 1.66 bits per heavy atom. The Bertz CT molecular complexity index is 1260. The first-order valence-corrected chi connectivity index (χ1v) is 12.2. The van der Waals surface area contributed by atoms with E-state index in [0.29, 0.717) is 48.2 Å². The molecule has 1 aliphatic rings. The maximum absolute atomic E-state index is 12.6. The van der Waals surface area contributed by atoms with Crippen LogP contribution >= 0.6 is 11.3 Å². The van der Waals surface area contributed by atoms with Crippen molar-refractivity contribution in [2.45, 2.75) is 6.54 Å². The number of ether oxygens (including phenoxy) is 1. The summed E-state index contributed by atoms with van der Waals surface area (Å²) in [6.07, 6.45) is 0. The van der Waals surface area contributed by atoms with Crippen molar-refractivity contribution in [1.82, 2.24) is 19.9 Å². The summed E-state index contributed by atoms with van der Waals surface area (Å²) < 4.78 is 11.1. The lowest BCUT2D eigenvalue weighted by atomic mass is 10.0. The van der Waals surface area contributed by atoms with Gasteiger partial charge < -0.3 is 14.2 Å². The first-order chi connectivity index (χ1) is 17.2. The van der Waals surface area contributed by atoms with Gasteiger partial charge in [-0.2, -0.15) is 4.98 Å². The van der Waals surface area contributed by atoms with E-state index in [9.17, 15) is 9.59 Å². The second kappa shape index (κ2) is 10.6. The van der Waals surface area contributed by atoms with Gasteiger partial charge >= 0.3 is 0 Å². The molecule has 0 bridgehead atoms. The second-order valence-electron chi connectivity index (χ2n) is 8.15. The Labute approximate surface area is 206 Å². The van der Waals surface area contributed by atoms with Crippen LogP contribution in [0.5, 0.6) is 5.75 Å². The summed E-state index contributed by atoms with van der Waals surface area (Å²) in [5.74, 6) is 1.63. The van der Waals surface area contributed by atoms with Gasteiger partial charge in [0.05, 0.1) is 11.4 Å². The monoisotopic (exact) mass is 488 g/mol. The predicted octanol–water partition coefficient (Wildman–Crippen LogP) is 3.75. The molecule has 0 N–H and O–H groups in total. The van der Waals surface area contributed by atoms with Crippen LogP contribution in [0.25, 0.3) is 10.7 Å². The van der Waals surface area contributed by atoms with Gasteiger partial charge in [-0.25, -0.2) is 0 Å². The molecule has 0 aliphatic carbocycles. The molecule has 1 amide bonds. The zero-order valence-corrected chi connectivity index (χ0v) is 19.8. The maximum atomic E-state index is 12.6. The SMILES string of the molecule is O=C(c1ccccc1)c1ccc(OCC(=O)N2CCN(Cc3nc(-c4cccs4)no3)CC2)cc1. The van der Waals surface area contributed by atoms with Crippen LogP contribution in [0.3, 0.4) is 0 Å². The quantitative estimate of drug-likeness (QED) is 0.349. The van der Waals surface area contributed by atoms with Crippen molar-refractivity contribution in [3.63, 3.8) is 0 Å². The predicted molar refractivity (Wildman–Crippen MR) is 131 cm³/mol. The fraction of sp³-hybridized carbons (Fsp3) is 0.231. The highest BCUT2D eigenvalue weighted by Gasteiger charge is 2.23. The molecule has 3 heterocycles. The molecule has 0 unspecified atom stereocenters. The summed E-state index contributed by atoms with van der Waals surface area (Å²) in [7, 11) is 0. The van der Waals surface area contributed by atoms with Crippen molar-refractivity contribution in [1.29, 1.82) is 0 Å². The molecule has 1 fully saturated rings. The molecule has 1 aliphatic heterocycles. The van der Waals surface area contributed by atoms with Gasteiger partial charge in [0.1, 0.15) is 5.75 Å². The van der Waals surface area contributed by atoms with E-state index in [0.717, 1.165) is 18.0 Å². The molecule has 1 saturated heterocycles. The van der Waals surface area contributed by atoms with Gasteiger partial charge in [0, 0.05) is 37.3 Å². The summed E-state index contributed by atoms with van der Waals surface area (Å²) in [5.41, 5.74) is 1.22. The highest BCUT2D eigenvalue weighted by atomic mass is 32.1. The lowest BCUT2D eigenvalue weighted by Crippen LogP contribution is -2.49. The van der Waals surface area contributed by atoms with Crippen LogP contribution in [-0.2, 0) is 11.3 Å². The Kier molecular flexibility index (Phi) is 6.97. The molecule has 9 heteroatoms. The van der Waals surface area contributed by atoms with E-state index in [2.05, 4.69) is 15.0 Å². The molecule has 0 saturated carbocycles. The summed E-state index contributed by atoms with van der Waals surface area (Å²) in [4.78, 5) is 34.6. The smallest absolute Gasteiger partial charge is 0.260 e. The van der Waals surface area contributed by atoms with Gasteiger partial charge in [0.25, 0.3) is 5.91 Å². The van der Waals surface area contributed by atoms with Gasteiger partial charge in [0.15, 0.2) is 12.4 Å². The minimum atomic E-state index is -0.0631. The topological polar surface area (TPSA) is 88.8 Å². The molecular weight excluding hydrogens is 464 g/mol. The van der Waals surface area contributed by atoms with Crippen LogP contribution in [0.4, 0.5) is 0 Å². The van der Waals surface area contributed by atoms with Crippen molar-refractivity contribution in [3.8, 4) is 16.5 Å². The standard InChI is InChI=1S/C26H24N4O4S/c31-24(18-33-21-10-8-20(9-11-21)25(32)19-5-2-1-3-6-19)30-14-12-29(13-15-30)17-23-27-26(28-34-23)22-7-4-16-35-22/h1-11,16H,12-15,17-18H2. The fourth-order valence-corrected chi connectivity index (χ4v) is 4.52. The summed E-state index contributed by atoms with van der Waals surface area (Å²) in [5, 5.41) is 6.03. The van der Waals surface area contributed by atoms with Crippen LogP contribution in [-0.4, -0.2) is 64.4 Å². The van der Waals surface area contributed by atoms with Gasteiger partial charge in [-0.05, 0) is 35.7 Å². The molecule has 2 aromatic carbocycles. The minimum absolute atomic E-state index is 0.0419. The number of ketones is 1. The molecule has 178 valence electrons. The average molecular weight is 489 g/mol. The lowest BCUT2D eigenvalue weighted by Gasteiger charge is -2.33. The van der Waals surface area contributed by atoms with Crippen LogP contribution in [0.1, 0.15) is 21.8 Å². The summed E-state index contributed by atoms with van der Waals surface area (Å²) in [6.45, 7) is 3.18. The second-order valence-corrected chi connectivity index (χ2v) is 9.10. The zero-order valence-electron chi connectivity index (χ0n) is 19.0. The number of hydrogen-bond acceptors (Lipinski definition) is 8. The van der Waals surface area contributed by atoms with E-state index in [1.165, 1.54) is 0 Å².